The number of hydrogen-bond donors (Lipinski definition) is 1. The molecule has 0 bridgehead atoms. The lowest BCUT2D eigenvalue weighted by Crippen LogP contribution is -2.05. The van der Waals surface area contributed by atoms with Crippen molar-refractivity contribution < 1.29 is 5.11 Å². The first-order valence-electron chi connectivity index (χ1n) is 5.97. The van der Waals surface area contributed by atoms with E-state index in [2.05, 4.69) is 9.97 Å². The summed E-state index contributed by atoms with van der Waals surface area (Å²) < 4.78 is 1.72. The van der Waals surface area contributed by atoms with E-state index in [1.165, 1.54) is 0 Å². The Bertz CT molecular complexity index is 663. The molecular formula is C14H12ClN3O. The summed E-state index contributed by atoms with van der Waals surface area (Å²) in [5, 5.41) is 10.8. The van der Waals surface area contributed by atoms with Gasteiger partial charge >= 0.3 is 0 Å². The van der Waals surface area contributed by atoms with Crippen molar-refractivity contribution in [1.29, 1.82) is 0 Å². The van der Waals surface area contributed by atoms with Crippen LogP contribution in [0.2, 0.25) is 5.02 Å². The third-order valence-corrected chi connectivity index (χ3v) is 3.32. The van der Waals surface area contributed by atoms with Crippen LogP contribution in [-0.2, 0) is 13.0 Å². The lowest BCUT2D eigenvalue weighted by atomic mass is 10.1. The second kappa shape index (κ2) is 4.90. The molecule has 0 fully saturated rings. The summed E-state index contributed by atoms with van der Waals surface area (Å²) in [5.74, 6) is 0.775. The topological polar surface area (TPSA) is 50.9 Å². The minimum atomic E-state index is 0.205. The van der Waals surface area contributed by atoms with Crippen molar-refractivity contribution in [2.24, 2.45) is 0 Å². The number of aromatic nitrogens is 3. The number of fused-ring (bicyclic) bond motifs is 1. The summed E-state index contributed by atoms with van der Waals surface area (Å²) in [5.41, 5.74) is 1.84. The van der Waals surface area contributed by atoms with Gasteiger partial charge < -0.3 is 9.67 Å². The summed E-state index contributed by atoms with van der Waals surface area (Å²) >= 11 is 5.84. The summed E-state index contributed by atoms with van der Waals surface area (Å²) in [7, 11) is 0. The fraction of sp³-hybridized carbons (Fsp3) is 0.143. The second-order valence-corrected chi connectivity index (χ2v) is 4.76. The maximum absolute atomic E-state index is 10.1. The van der Waals surface area contributed by atoms with E-state index in [0.717, 1.165) is 17.0 Å². The van der Waals surface area contributed by atoms with Gasteiger partial charge in [0.15, 0.2) is 5.82 Å². The Labute approximate surface area is 115 Å². The van der Waals surface area contributed by atoms with Gasteiger partial charge in [0.1, 0.15) is 0 Å². The highest BCUT2D eigenvalue weighted by molar-refractivity contribution is 6.30. The average molecular weight is 274 g/mol. The van der Waals surface area contributed by atoms with Crippen LogP contribution in [0.5, 0.6) is 5.88 Å². The molecule has 2 heterocycles. The highest BCUT2D eigenvalue weighted by Crippen LogP contribution is 2.27. The predicted molar refractivity (Wildman–Crippen MR) is 73.5 cm³/mol. The fourth-order valence-electron chi connectivity index (χ4n) is 2.00. The number of rotatable bonds is 3. The smallest absolute Gasteiger partial charge is 0.203 e. The lowest BCUT2D eigenvalue weighted by molar-refractivity contribution is 0.410. The molecule has 1 aromatic carbocycles. The zero-order valence-corrected chi connectivity index (χ0v) is 10.9. The molecule has 2 aliphatic rings. The van der Waals surface area contributed by atoms with Gasteiger partial charge in [-0.2, -0.15) is 0 Å². The van der Waals surface area contributed by atoms with Gasteiger partial charge in [-0.25, -0.2) is 9.97 Å². The van der Waals surface area contributed by atoms with Crippen LogP contribution in [0.1, 0.15) is 5.56 Å². The third kappa shape index (κ3) is 2.39. The number of nitrogens with zero attached hydrogens (tertiary/aromatic N) is 3. The molecule has 4 nitrogen and oxygen atoms in total. The number of benzene rings is 1. The molecule has 0 saturated heterocycles. The first-order valence-corrected chi connectivity index (χ1v) is 6.35. The van der Waals surface area contributed by atoms with Crippen LogP contribution >= 0.6 is 11.6 Å². The Morgan fingerprint density at radius 2 is 1.89 bits per heavy atom. The molecule has 0 atom stereocenters. The second-order valence-electron chi connectivity index (χ2n) is 4.32. The minimum absolute atomic E-state index is 0.205. The molecule has 2 aliphatic heterocycles. The Hall–Kier alpha value is -2.07. The zero-order chi connectivity index (χ0) is 13.2. The van der Waals surface area contributed by atoms with E-state index in [9.17, 15) is 5.11 Å². The quantitative estimate of drug-likeness (QED) is 0.798. The van der Waals surface area contributed by atoms with E-state index < -0.39 is 0 Å². The maximum Gasteiger partial charge on any atom is 0.203 e. The molecule has 0 spiro atoms. The van der Waals surface area contributed by atoms with Crippen molar-refractivity contribution in [2.45, 2.75) is 13.0 Å². The van der Waals surface area contributed by atoms with Crippen molar-refractivity contribution in [1.82, 2.24) is 14.5 Å². The Morgan fingerprint density at radius 3 is 2.68 bits per heavy atom. The summed E-state index contributed by atoms with van der Waals surface area (Å²) in [4.78, 5) is 8.25. The van der Waals surface area contributed by atoms with E-state index in [1.54, 1.807) is 23.2 Å². The monoisotopic (exact) mass is 273 g/mol. The van der Waals surface area contributed by atoms with Gasteiger partial charge in [0.25, 0.3) is 0 Å². The van der Waals surface area contributed by atoms with Crippen molar-refractivity contribution in [2.75, 3.05) is 0 Å². The van der Waals surface area contributed by atoms with E-state index in [4.69, 9.17) is 11.6 Å². The van der Waals surface area contributed by atoms with Gasteiger partial charge in [0, 0.05) is 17.8 Å². The highest BCUT2D eigenvalue weighted by atomic mass is 35.5. The maximum atomic E-state index is 10.1. The normalized spacial score (nSPS) is 11.0. The average Bonchev–Trinajstić information content (AvgIpc) is 2.89. The van der Waals surface area contributed by atoms with Gasteiger partial charge in [0.05, 0.1) is 11.9 Å². The number of hydrogen-bond acceptors (Lipinski definition) is 3. The van der Waals surface area contributed by atoms with Crippen LogP contribution in [0.4, 0.5) is 0 Å². The molecular weight excluding hydrogens is 262 g/mol. The molecule has 1 N–H and O–H groups in total. The number of halogens is 1. The standard InChI is InChI=1S/C14H12ClN3O/c15-11-3-1-10(2-4-11)6-8-18-9-17-13-12(14(18)19)5-7-16-13/h1-5,7,9,19H,6,8H2. The highest BCUT2D eigenvalue weighted by Gasteiger charge is 2.13. The van der Waals surface area contributed by atoms with Crippen molar-refractivity contribution >= 4 is 11.6 Å². The molecule has 96 valence electrons. The summed E-state index contributed by atoms with van der Waals surface area (Å²) in [6.07, 6.45) is 4.05. The molecule has 19 heavy (non-hydrogen) atoms. The lowest BCUT2D eigenvalue weighted by Gasteiger charge is -2.11. The van der Waals surface area contributed by atoms with Gasteiger partial charge in [0.2, 0.25) is 5.88 Å². The first kappa shape index (κ1) is 12.0. The molecule has 0 aliphatic carbocycles. The van der Waals surface area contributed by atoms with E-state index in [0.29, 0.717) is 17.9 Å². The van der Waals surface area contributed by atoms with E-state index in [-0.39, 0.29) is 5.88 Å². The minimum Gasteiger partial charge on any atom is -0.494 e. The first-order chi connectivity index (χ1) is 9.24. The Morgan fingerprint density at radius 1 is 1.11 bits per heavy atom. The molecule has 3 rings (SSSR count). The van der Waals surface area contributed by atoms with E-state index >= 15 is 0 Å². The van der Waals surface area contributed by atoms with Crippen LogP contribution in [0, 0.1) is 0 Å². The number of aryl methyl sites for hydroxylation is 2. The van der Waals surface area contributed by atoms with E-state index in [1.807, 2.05) is 24.3 Å². The van der Waals surface area contributed by atoms with Crippen LogP contribution in [0.15, 0.2) is 42.9 Å². The third-order valence-electron chi connectivity index (χ3n) is 3.07. The van der Waals surface area contributed by atoms with Crippen molar-refractivity contribution in [3.05, 3.63) is 53.4 Å². The molecule has 0 aromatic heterocycles. The van der Waals surface area contributed by atoms with Crippen LogP contribution in [-0.4, -0.2) is 19.6 Å². The van der Waals surface area contributed by atoms with Gasteiger partial charge in [-0.1, -0.05) is 23.7 Å². The molecule has 0 unspecified atom stereocenters. The Kier molecular flexibility index (Phi) is 3.09. The van der Waals surface area contributed by atoms with Crippen molar-refractivity contribution in [3.8, 4) is 17.3 Å². The largest absolute Gasteiger partial charge is 0.494 e. The number of aromatic hydroxyl groups is 1. The van der Waals surface area contributed by atoms with Crippen molar-refractivity contribution in [3.63, 3.8) is 0 Å². The zero-order valence-electron chi connectivity index (χ0n) is 10.1. The predicted octanol–water partition coefficient (Wildman–Crippen LogP) is 2.98. The van der Waals surface area contributed by atoms with Gasteiger partial charge in [-0.15, -0.1) is 0 Å². The molecule has 5 heteroatoms. The van der Waals surface area contributed by atoms with Gasteiger partial charge in [-0.05, 0) is 30.2 Å². The molecule has 0 saturated carbocycles. The van der Waals surface area contributed by atoms with Crippen LogP contribution in [0.3, 0.4) is 0 Å². The Balaban J connectivity index is 1.80. The summed E-state index contributed by atoms with van der Waals surface area (Å²) in [6, 6.07) is 9.45. The van der Waals surface area contributed by atoms with Crippen LogP contribution < -0.4 is 0 Å². The molecule has 0 amide bonds. The van der Waals surface area contributed by atoms with Crippen LogP contribution in [0.25, 0.3) is 11.4 Å². The summed E-state index contributed by atoms with van der Waals surface area (Å²) in [6.45, 7) is 0.654. The SMILES string of the molecule is Oc1c2ccnc-2ncn1CCc1ccc(Cl)cc1. The molecule has 0 radical (unpaired) electrons. The fourth-order valence-corrected chi connectivity index (χ4v) is 2.13. The van der Waals surface area contributed by atoms with Gasteiger partial charge in [-0.3, -0.25) is 0 Å². The molecule has 1 aromatic rings.